The summed E-state index contributed by atoms with van der Waals surface area (Å²) in [7, 11) is 9.87. The van der Waals surface area contributed by atoms with E-state index in [1.54, 1.807) is 0 Å². The van der Waals surface area contributed by atoms with Gasteiger partial charge < -0.3 is 0 Å². The molecule has 0 nitrogen and oxygen atoms in total. The predicted molar refractivity (Wildman–Crippen MR) is 55.7 cm³/mol. The molecule has 0 amide bonds. The molecule has 0 N–H and O–H groups in total. The van der Waals surface area contributed by atoms with Crippen LogP contribution in [-0.4, -0.2) is 0 Å². The van der Waals surface area contributed by atoms with Gasteiger partial charge in [-0.3, -0.25) is 0 Å². The molecule has 0 unspecified atom stereocenters. The number of hydrogen-bond acceptors (Lipinski definition) is 0. The summed E-state index contributed by atoms with van der Waals surface area (Å²) >= 11 is -0.826. The van der Waals surface area contributed by atoms with Crippen molar-refractivity contribution in [1.82, 2.24) is 0 Å². The molecule has 0 bridgehead atoms. The molecule has 0 atom stereocenters. The predicted octanol–water partition coefficient (Wildman–Crippen LogP) is 4.16. The maximum atomic E-state index is 4.93. The first-order valence-electron chi connectivity index (χ1n) is 3.95. The van der Waals surface area contributed by atoms with Gasteiger partial charge in [-0.15, -0.1) is 0 Å². The van der Waals surface area contributed by atoms with E-state index in [1.165, 1.54) is 5.56 Å². The van der Waals surface area contributed by atoms with Crippen LogP contribution in [0.25, 0.3) is 0 Å². The molecule has 0 saturated carbocycles. The van der Waals surface area contributed by atoms with Crippen LogP contribution >= 0.6 is 17.0 Å². The van der Waals surface area contributed by atoms with E-state index in [2.05, 4.69) is 39.0 Å². The van der Waals surface area contributed by atoms with Gasteiger partial charge in [0.25, 0.3) is 0 Å². The van der Waals surface area contributed by atoms with E-state index < -0.39 is 20.8 Å². The molecule has 0 spiro atoms. The van der Waals surface area contributed by atoms with Gasteiger partial charge in [0.05, 0.1) is 0 Å². The molecule has 0 fully saturated rings. The van der Waals surface area contributed by atoms with Crippen molar-refractivity contribution in [3.05, 3.63) is 35.9 Å². The van der Waals surface area contributed by atoms with Crippen LogP contribution in [0.3, 0.4) is 0 Å². The minimum absolute atomic E-state index is 0.273. The van der Waals surface area contributed by atoms with E-state index in [4.69, 9.17) is 17.0 Å². The van der Waals surface area contributed by atoms with Gasteiger partial charge >= 0.3 is 37.9 Å². The van der Waals surface area contributed by atoms with Gasteiger partial charge in [0.2, 0.25) is 0 Å². The molecule has 0 saturated heterocycles. The van der Waals surface area contributed by atoms with Crippen LogP contribution in [-0.2, 0) is 26.3 Å². The van der Waals surface area contributed by atoms with Gasteiger partial charge in [0.15, 0.2) is 0 Å². The van der Waals surface area contributed by atoms with Crippen molar-refractivity contribution in [2.24, 2.45) is 0 Å². The van der Waals surface area contributed by atoms with Gasteiger partial charge in [-0.1, -0.05) is 20.8 Å². The third-order valence-corrected chi connectivity index (χ3v) is 1.58. The minimum atomic E-state index is -0.826. The third kappa shape index (κ3) is 6.71. The Bertz CT molecular complexity index is 216. The van der Waals surface area contributed by atoms with Crippen LogP contribution in [0.15, 0.2) is 24.3 Å². The van der Waals surface area contributed by atoms with Crippen LogP contribution in [0.1, 0.15) is 26.3 Å². The van der Waals surface area contributed by atoms with Crippen LogP contribution in [0, 0.1) is 6.07 Å². The van der Waals surface area contributed by atoms with E-state index in [9.17, 15) is 0 Å². The zero-order chi connectivity index (χ0) is 10.3. The van der Waals surface area contributed by atoms with Gasteiger partial charge in [0.1, 0.15) is 0 Å². The Labute approximate surface area is 99.3 Å². The van der Waals surface area contributed by atoms with Crippen LogP contribution in [0.4, 0.5) is 0 Å². The molecule has 0 aliphatic carbocycles. The Balaban J connectivity index is 0.000000424. The molecule has 0 heterocycles. The first-order chi connectivity index (χ1) is 6.02. The Kier molecular flexibility index (Phi) is 7.41. The van der Waals surface area contributed by atoms with E-state index in [1.807, 2.05) is 12.1 Å². The fraction of sp³-hybridized carbons (Fsp3) is 0.400. The topological polar surface area (TPSA) is 0 Å². The fourth-order valence-electron chi connectivity index (χ4n) is 0.887. The summed E-state index contributed by atoms with van der Waals surface area (Å²) in [5.41, 5.74) is 1.64. The Morgan fingerprint density at radius 1 is 1.15 bits per heavy atom. The first kappa shape index (κ1) is 13.7. The third-order valence-electron chi connectivity index (χ3n) is 1.58. The zero-order valence-electron chi connectivity index (χ0n) is 8.07. The summed E-state index contributed by atoms with van der Waals surface area (Å²) in [5.74, 6) is 0. The summed E-state index contributed by atoms with van der Waals surface area (Å²) in [4.78, 5) is 0. The van der Waals surface area contributed by atoms with Gasteiger partial charge in [-0.2, -0.15) is 35.9 Å². The summed E-state index contributed by atoms with van der Waals surface area (Å²) in [6.07, 6.45) is 0. The molecule has 13 heavy (non-hydrogen) atoms. The van der Waals surface area contributed by atoms with Crippen molar-refractivity contribution in [2.75, 3.05) is 0 Å². The van der Waals surface area contributed by atoms with Crippen molar-refractivity contribution in [1.29, 1.82) is 0 Å². The van der Waals surface area contributed by atoms with Gasteiger partial charge in [0, 0.05) is 0 Å². The SMILES string of the molecule is CC(C)(C)c1cc[c-]cc1.[Cl][Zr][Cl]. The number of hydrogen-bond donors (Lipinski definition) is 0. The molecule has 0 aliphatic rings. The first-order valence-corrected chi connectivity index (χ1v) is 10.3. The Morgan fingerprint density at radius 2 is 1.54 bits per heavy atom. The molecule has 3 heteroatoms. The van der Waals surface area contributed by atoms with E-state index >= 15 is 0 Å². The second kappa shape index (κ2) is 7.04. The average Bonchev–Trinajstić information content (AvgIpc) is 2.06. The van der Waals surface area contributed by atoms with Crippen molar-refractivity contribution in [3.63, 3.8) is 0 Å². The monoisotopic (exact) mass is 293 g/mol. The van der Waals surface area contributed by atoms with Crippen molar-refractivity contribution >= 4 is 17.0 Å². The van der Waals surface area contributed by atoms with Gasteiger partial charge in [-0.05, 0) is 5.41 Å². The van der Waals surface area contributed by atoms with E-state index in [-0.39, 0.29) is 5.41 Å². The van der Waals surface area contributed by atoms with E-state index in [0.29, 0.717) is 0 Å². The quantitative estimate of drug-likeness (QED) is 0.630. The summed E-state index contributed by atoms with van der Waals surface area (Å²) in [6, 6.07) is 11.1. The summed E-state index contributed by atoms with van der Waals surface area (Å²) < 4.78 is 0. The zero-order valence-corrected chi connectivity index (χ0v) is 12.0. The molecular weight excluding hydrogens is 282 g/mol. The summed E-state index contributed by atoms with van der Waals surface area (Å²) in [5, 5.41) is 0. The number of halogens is 2. The molecule has 0 aromatic heterocycles. The number of rotatable bonds is 0. The van der Waals surface area contributed by atoms with E-state index in [0.717, 1.165) is 0 Å². The fourth-order valence-corrected chi connectivity index (χ4v) is 0.887. The Hall–Kier alpha value is 0.683. The van der Waals surface area contributed by atoms with Crippen LogP contribution < -0.4 is 0 Å². The van der Waals surface area contributed by atoms with Crippen molar-refractivity contribution in [3.8, 4) is 0 Å². The van der Waals surface area contributed by atoms with Crippen LogP contribution in [0.2, 0.25) is 0 Å². The molecule has 1 aromatic carbocycles. The molecule has 1 aromatic rings. The standard InChI is InChI=1S/C10H13.2ClH.Zr/c1-10(2,3)9-7-5-4-6-8-9;;;/h5-8H,1-3H3;2*1H;/q-1;;;+2/p-2. The molecule has 1 rings (SSSR count). The molecule has 0 radical (unpaired) electrons. The molecule has 0 aliphatic heterocycles. The normalized spacial score (nSPS) is 9.92. The average molecular weight is 295 g/mol. The maximum absolute atomic E-state index is 4.93. The van der Waals surface area contributed by atoms with Crippen molar-refractivity contribution < 1.29 is 20.8 Å². The second-order valence-electron chi connectivity index (χ2n) is 3.61. The number of benzene rings is 1. The molecule has 72 valence electrons. The van der Waals surface area contributed by atoms with Crippen molar-refractivity contribution in [2.45, 2.75) is 26.2 Å². The molecular formula is C10H13Cl2Zr-. The second-order valence-corrected chi connectivity index (χ2v) is 7.34. The summed E-state index contributed by atoms with van der Waals surface area (Å²) in [6.45, 7) is 6.63. The van der Waals surface area contributed by atoms with Gasteiger partial charge in [-0.25, -0.2) is 0 Å². The van der Waals surface area contributed by atoms with Crippen LogP contribution in [0.5, 0.6) is 0 Å². The Morgan fingerprint density at radius 3 is 1.77 bits per heavy atom.